The first-order valence-corrected chi connectivity index (χ1v) is 11.0. The van der Waals surface area contributed by atoms with Crippen LogP contribution in [0.3, 0.4) is 0 Å². The number of amides is 2. The predicted octanol–water partition coefficient (Wildman–Crippen LogP) is 2.04. The lowest BCUT2D eigenvalue weighted by Crippen LogP contribution is -2.48. The van der Waals surface area contributed by atoms with Gasteiger partial charge in [0.2, 0.25) is 11.8 Å². The van der Waals surface area contributed by atoms with Gasteiger partial charge >= 0.3 is 6.61 Å². The molecule has 2 amide bonds. The van der Waals surface area contributed by atoms with Crippen molar-refractivity contribution in [1.29, 1.82) is 0 Å². The summed E-state index contributed by atoms with van der Waals surface area (Å²) in [6.07, 6.45) is 0.728. The van der Waals surface area contributed by atoms with E-state index in [4.69, 9.17) is 16.3 Å². The molecular formula is C20H31ClF3N3O4. The van der Waals surface area contributed by atoms with Gasteiger partial charge in [0.05, 0.1) is 17.6 Å². The molecular weight excluding hydrogens is 439 g/mol. The number of halogens is 4. The second-order valence-electron chi connectivity index (χ2n) is 7.89. The van der Waals surface area contributed by atoms with Crippen LogP contribution in [0.5, 0.6) is 0 Å². The zero-order valence-corrected chi connectivity index (χ0v) is 18.1. The predicted molar refractivity (Wildman–Crippen MR) is 110 cm³/mol. The smallest absolute Gasteiger partial charge is 0.345 e. The van der Waals surface area contributed by atoms with Crippen LogP contribution >= 0.6 is 11.6 Å². The van der Waals surface area contributed by atoms with Crippen molar-refractivity contribution >= 4 is 23.4 Å². The van der Waals surface area contributed by atoms with Gasteiger partial charge in [0.15, 0.2) is 0 Å². The van der Waals surface area contributed by atoms with Crippen molar-refractivity contribution in [3.63, 3.8) is 0 Å². The summed E-state index contributed by atoms with van der Waals surface area (Å²) in [4.78, 5) is 24.0. The largest absolute Gasteiger partial charge is 0.368 e. The monoisotopic (exact) mass is 469 g/mol. The number of rotatable bonds is 11. The van der Waals surface area contributed by atoms with Gasteiger partial charge < -0.3 is 25.4 Å². The molecule has 7 nitrogen and oxygen atoms in total. The van der Waals surface area contributed by atoms with Crippen LogP contribution in [0.1, 0.15) is 38.5 Å². The minimum absolute atomic E-state index is 0.0242. The molecule has 2 aliphatic rings. The Bertz CT molecular complexity index is 606. The number of carbonyl (C=O) groups is 2. The van der Waals surface area contributed by atoms with Gasteiger partial charge in [-0.3, -0.25) is 9.59 Å². The van der Waals surface area contributed by atoms with E-state index < -0.39 is 24.3 Å². The standard InChI is InChI=1S/C20H31ClF3N3O4/c1-12(19(29)27-9-13-2-3-15(10-26-13)31-20(23)24)6-7-25-18(28)11-30-14-4-5-16(21)17(22)8-14/h13-17,20,26H,1-11H2,(H,25,28)(H,27,29). The molecule has 5 unspecified atom stereocenters. The minimum Gasteiger partial charge on any atom is -0.368 e. The molecule has 0 aromatic rings. The molecule has 3 N–H and O–H groups in total. The first kappa shape index (κ1) is 25.9. The maximum Gasteiger partial charge on any atom is 0.345 e. The Morgan fingerprint density at radius 1 is 1.16 bits per heavy atom. The first-order valence-electron chi connectivity index (χ1n) is 10.5. The van der Waals surface area contributed by atoms with Crippen molar-refractivity contribution in [3.8, 4) is 0 Å². The third-order valence-electron chi connectivity index (χ3n) is 5.44. The molecule has 11 heteroatoms. The summed E-state index contributed by atoms with van der Waals surface area (Å²) in [6.45, 7) is 1.64. The van der Waals surface area contributed by atoms with Crippen LogP contribution in [0.15, 0.2) is 12.2 Å². The lowest BCUT2D eigenvalue weighted by molar-refractivity contribution is -0.167. The Kier molecular flexibility index (Phi) is 11.1. The average Bonchev–Trinajstić information content (AvgIpc) is 2.73. The third kappa shape index (κ3) is 9.76. The van der Waals surface area contributed by atoms with Gasteiger partial charge in [0, 0.05) is 37.7 Å². The quantitative estimate of drug-likeness (QED) is 0.318. The van der Waals surface area contributed by atoms with Gasteiger partial charge in [-0.05, 0) is 32.1 Å². The second-order valence-corrected chi connectivity index (χ2v) is 8.45. The highest BCUT2D eigenvalue weighted by molar-refractivity contribution is 6.21. The summed E-state index contributed by atoms with van der Waals surface area (Å²) in [5.74, 6) is -0.673. The summed E-state index contributed by atoms with van der Waals surface area (Å²) in [5.41, 5.74) is 0.316. The van der Waals surface area contributed by atoms with Gasteiger partial charge in [-0.2, -0.15) is 8.78 Å². The van der Waals surface area contributed by atoms with E-state index in [1.165, 1.54) is 0 Å². The SMILES string of the molecule is C=C(CCNC(=O)COC1CCC(Cl)C(F)C1)C(=O)NCC1CCC(OC(F)F)CN1. The number of alkyl halides is 4. The van der Waals surface area contributed by atoms with Crippen molar-refractivity contribution in [3.05, 3.63) is 12.2 Å². The number of hydrogen-bond acceptors (Lipinski definition) is 5. The van der Waals surface area contributed by atoms with Crippen LogP contribution < -0.4 is 16.0 Å². The number of hydrogen-bond donors (Lipinski definition) is 3. The summed E-state index contributed by atoms with van der Waals surface area (Å²) < 4.78 is 47.9. The lowest BCUT2D eigenvalue weighted by Gasteiger charge is -2.29. The van der Waals surface area contributed by atoms with Gasteiger partial charge in [0.25, 0.3) is 0 Å². The molecule has 5 atom stereocenters. The van der Waals surface area contributed by atoms with E-state index >= 15 is 0 Å². The highest BCUT2D eigenvalue weighted by Gasteiger charge is 2.30. The van der Waals surface area contributed by atoms with Crippen LogP contribution in [-0.2, 0) is 19.1 Å². The molecule has 0 aromatic heterocycles. The fraction of sp³-hybridized carbons (Fsp3) is 0.800. The number of nitrogens with one attached hydrogen (secondary N) is 3. The van der Waals surface area contributed by atoms with Crippen LogP contribution in [0, 0.1) is 0 Å². The lowest BCUT2D eigenvalue weighted by atomic mass is 9.95. The van der Waals surface area contributed by atoms with Gasteiger partial charge in [-0.25, -0.2) is 4.39 Å². The van der Waals surface area contributed by atoms with E-state index in [2.05, 4.69) is 27.3 Å². The Hall–Kier alpha value is -1.36. The molecule has 0 radical (unpaired) electrons. The Labute approximate surface area is 185 Å². The van der Waals surface area contributed by atoms with Gasteiger partial charge in [-0.1, -0.05) is 6.58 Å². The van der Waals surface area contributed by atoms with Crippen LogP contribution in [0.4, 0.5) is 13.2 Å². The molecule has 2 rings (SSSR count). The number of ether oxygens (including phenoxy) is 2. The molecule has 178 valence electrons. The maximum atomic E-state index is 13.6. The Morgan fingerprint density at radius 2 is 1.90 bits per heavy atom. The summed E-state index contributed by atoms with van der Waals surface area (Å²) in [7, 11) is 0. The topological polar surface area (TPSA) is 88.7 Å². The van der Waals surface area contributed by atoms with Gasteiger partial charge in [-0.15, -0.1) is 11.6 Å². The summed E-state index contributed by atoms with van der Waals surface area (Å²) >= 11 is 5.82. The van der Waals surface area contributed by atoms with Crippen LogP contribution in [0.2, 0.25) is 0 Å². The normalized spacial score (nSPS) is 28.9. The van der Waals surface area contributed by atoms with Crippen LogP contribution in [-0.4, -0.2) is 74.5 Å². The Balaban J connectivity index is 1.52. The molecule has 1 saturated carbocycles. The number of piperidine rings is 1. The van der Waals surface area contributed by atoms with Crippen molar-refractivity contribution in [1.82, 2.24) is 16.0 Å². The molecule has 0 aromatic carbocycles. The fourth-order valence-electron chi connectivity index (χ4n) is 3.57. The Morgan fingerprint density at radius 3 is 2.55 bits per heavy atom. The van der Waals surface area contributed by atoms with E-state index in [9.17, 15) is 22.8 Å². The van der Waals surface area contributed by atoms with Crippen molar-refractivity contribution in [2.24, 2.45) is 0 Å². The molecule has 1 aliphatic heterocycles. The molecule has 0 spiro atoms. The molecule has 0 bridgehead atoms. The first-order chi connectivity index (χ1) is 14.7. The van der Waals surface area contributed by atoms with Crippen LogP contribution in [0.25, 0.3) is 0 Å². The molecule has 31 heavy (non-hydrogen) atoms. The van der Waals surface area contributed by atoms with E-state index in [0.717, 1.165) is 0 Å². The summed E-state index contributed by atoms with van der Waals surface area (Å²) in [5, 5.41) is 7.97. The molecule has 2 fully saturated rings. The highest BCUT2D eigenvalue weighted by atomic mass is 35.5. The zero-order valence-electron chi connectivity index (χ0n) is 17.4. The minimum atomic E-state index is -2.79. The van der Waals surface area contributed by atoms with Crippen molar-refractivity contribution in [2.45, 2.75) is 74.9 Å². The highest BCUT2D eigenvalue weighted by Crippen LogP contribution is 2.27. The summed E-state index contributed by atoms with van der Waals surface area (Å²) in [6, 6.07) is -0.0242. The average molecular weight is 470 g/mol. The van der Waals surface area contributed by atoms with E-state index in [0.29, 0.717) is 44.3 Å². The molecule has 1 saturated heterocycles. The zero-order chi connectivity index (χ0) is 22.8. The van der Waals surface area contributed by atoms with E-state index in [-0.39, 0.29) is 50.0 Å². The van der Waals surface area contributed by atoms with E-state index in [1.54, 1.807) is 0 Å². The molecule has 1 heterocycles. The third-order valence-corrected chi connectivity index (χ3v) is 5.93. The molecule has 1 aliphatic carbocycles. The maximum absolute atomic E-state index is 13.6. The number of carbonyl (C=O) groups excluding carboxylic acids is 2. The fourth-order valence-corrected chi connectivity index (χ4v) is 3.80. The second kappa shape index (κ2) is 13.2. The van der Waals surface area contributed by atoms with Gasteiger partial charge in [0.1, 0.15) is 12.8 Å². The van der Waals surface area contributed by atoms with E-state index in [1.807, 2.05) is 0 Å². The van der Waals surface area contributed by atoms with Crippen molar-refractivity contribution in [2.75, 3.05) is 26.2 Å². The van der Waals surface area contributed by atoms with Crippen molar-refractivity contribution < 1.29 is 32.2 Å².